The standard InChI is InChI=1S/C20H22N2O5/c1-25-16-9-7-14(8-10-16)12-22-17(13-27-20(22)24)19(23)21-11-15-5-3-4-6-18(15)26-2/h3-10,17H,11-13H2,1-2H3,(H,21,23)/t17-/m0/s1. The summed E-state index contributed by atoms with van der Waals surface area (Å²) in [6.45, 7) is 0.631. The van der Waals surface area contributed by atoms with Gasteiger partial charge in [-0.2, -0.15) is 0 Å². The summed E-state index contributed by atoms with van der Waals surface area (Å²) in [6, 6.07) is 14.1. The Morgan fingerprint density at radius 3 is 2.59 bits per heavy atom. The molecule has 0 unspecified atom stereocenters. The summed E-state index contributed by atoms with van der Waals surface area (Å²) in [7, 11) is 3.18. The Morgan fingerprint density at radius 2 is 1.89 bits per heavy atom. The molecule has 0 bridgehead atoms. The van der Waals surface area contributed by atoms with Gasteiger partial charge in [0.1, 0.15) is 24.1 Å². The van der Waals surface area contributed by atoms with Crippen molar-refractivity contribution in [1.29, 1.82) is 0 Å². The monoisotopic (exact) mass is 370 g/mol. The highest BCUT2D eigenvalue weighted by Gasteiger charge is 2.37. The molecule has 3 rings (SSSR count). The number of hydrogen-bond acceptors (Lipinski definition) is 5. The summed E-state index contributed by atoms with van der Waals surface area (Å²) < 4.78 is 15.5. The van der Waals surface area contributed by atoms with Gasteiger partial charge in [-0.3, -0.25) is 9.69 Å². The molecule has 7 heteroatoms. The molecule has 0 aliphatic carbocycles. The highest BCUT2D eigenvalue weighted by Crippen LogP contribution is 2.20. The maximum Gasteiger partial charge on any atom is 0.410 e. The molecule has 0 saturated carbocycles. The van der Waals surface area contributed by atoms with Crippen molar-refractivity contribution in [2.45, 2.75) is 19.1 Å². The van der Waals surface area contributed by atoms with Crippen LogP contribution in [0.3, 0.4) is 0 Å². The number of rotatable bonds is 7. The number of nitrogens with zero attached hydrogens (tertiary/aromatic N) is 1. The molecule has 142 valence electrons. The van der Waals surface area contributed by atoms with Crippen LogP contribution in [0.15, 0.2) is 48.5 Å². The van der Waals surface area contributed by atoms with Gasteiger partial charge in [0.05, 0.1) is 20.8 Å². The Balaban J connectivity index is 1.64. The lowest BCUT2D eigenvalue weighted by Crippen LogP contribution is -2.45. The SMILES string of the molecule is COc1ccc(CN2C(=O)OC[C@H]2C(=O)NCc2ccccc2OC)cc1. The van der Waals surface area contributed by atoms with Gasteiger partial charge in [-0.25, -0.2) is 4.79 Å². The van der Waals surface area contributed by atoms with Crippen molar-refractivity contribution < 1.29 is 23.8 Å². The fourth-order valence-electron chi connectivity index (χ4n) is 2.92. The van der Waals surface area contributed by atoms with E-state index in [1.54, 1.807) is 14.2 Å². The number of carbonyl (C=O) groups is 2. The molecule has 7 nitrogen and oxygen atoms in total. The van der Waals surface area contributed by atoms with Crippen LogP contribution in [-0.4, -0.2) is 43.8 Å². The Bertz CT molecular complexity index is 806. The zero-order valence-corrected chi connectivity index (χ0v) is 15.3. The van der Waals surface area contributed by atoms with Gasteiger partial charge < -0.3 is 19.5 Å². The minimum absolute atomic E-state index is 0.0345. The van der Waals surface area contributed by atoms with Crippen molar-refractivity contribution >= 4 is 12.0 Å². The van der Waals surface area contributed by atoms with Gasteiger partial charge in [0.15, 0.2) is 0 Å². The molecular formula is C20H22N2O5. The van der Waals surface area contributed by atoms with Gasteiger partial charge >= 0.3 is 6.09 Å². The quantitative estimate of drug-likeness (QED) is 0.810. The van der Waals surface area contributed by atoms with E-state index in [0.717, 1.165) is 16.9 Å². The maximum absolute atomic E-state index is 12.6. The molecule has 1 fully saturated rings. The van der Waals surface area contributed by atoms with E-state index in [1.165, 1.54) is 4.90 Å². The minimum atomic E-state index is -0.672. The lowest BCUT2D eigenvalue weighted by Gasteiger charge is -2.21. The van der Waals surface area contributed by atoms with Gasteiger partial charge in [0, 0.05) is 12.1 Å². The molecule has 27 heavy (non-hydrogen) atoms. The summed E-state index contributed by atoms with van der Waals surface area (Å²) in [5.74, 6) is 1.17. The van der Waals surface area contributed by atoms with Crippen molar-refractivity contribution in [2.24, 2.45) is 0 Å². The highest BCUT2D eigenvalue weighted by molar-refractivity contribution is 5.87. The number of carbonyl (C=O) groups excluding carboxylic acids is 2. The molecule has 1 aliphatic heterocycles. The number of methoxy groups -OCH3 is 2. The third-order valence-electron chi connectivity index (χ3n) is 4.44. The van der Waals surface area contributed by atoms with E-state index < -0.39 is 12.1 Å². The smallest absolute Gasteiger partial charge is 0.410 e. The molecular weight excluding hydrogens is 348 g/mol. The first kappa shape index (κ1) is 18.6. The van der Waals surface area contributed by atoms with E-state index in [2.05, 4.69) is 5.32 Å². The van der Waals surface area contributed by atoms with E-state index in [-0.39, 0.29) is 19.1 Å². The second-order valence-corrected chi connectivity index (χ2v) is 6.10. The van der Waals surface area contributed by atoms with Gasteiger partial charge in [-0.1, -0.05) is 30.3 Å². The normalized spacial score (nSPS) is 16.0. The molecule has 1 aliphatic rings. The predicted molar refractivity (Wildman–Crippen MR) is 98.5 cm³/mol. The van der Waals surface area contributed by atoms with Gasteiger partial charge in [0.2, 0.25) is 5.91 Å². The Morgan fingerprint density at radius 1 is 1.15 bits per heavy atom. The first-order valence-electron chi connectivity index (χ1n) is 8.58. The summed E-state index contributed by atoms with van der Waals surface area (Å²) >= 11 is 0. The molecule has 2 amide bonds. The first-order chi connectivity index (χ1) is 13.1. The van der Waals surface area contributed by atoms with Crippen molar-refractivity contribution in [3.8, 4) is 11.5 Å². The van der Waals surface area contributed by atoms with Gasteiger partial charge in [0.25, 0.3) is 0 Å². The fraction of sp³-hybridized carbons (Fsp3) is 0.300. The third kappa shape index (κ3) is 4.31. The van der Waals surface area contributed by atoms with Crippen LogP contribution in [0.5, 0.6) is 11.5 Å². The number of amides is 2. The summed E-state index contributed by atoms with van der Waals surface area (Å²) in [5.41, 5.74) is 1.75. The van der Waals surface area contributed by atoms with E-state index in [0.29, 0.717) is 12.3 Å². The first-order valence-corrected chi connectivity index (χ1v) is 8.58. The zero-order chi connectivity index (χ0) is 19.2. The van der Waals surface area contributed by atoms with Crippen LogP contribution < -0.4 is 14.8 Å². The van der Waals surface area contributed by atoms with E-state index in [4.69, 9.17) is 14.2 Å². The Labute approximate surface area is 157 Å². The lowest BCUT2D eigenvalue weighted by molar-refractivity contribution is -0.125. The van der Waals surface area contributed by atoms with Crippen LogP contribution in [0.2, 0.25) is 0 Å². The number of para-hydroxylation sites is 1. The zero-order valence-electron chi connectivity index (χ0n) is 15.3. The van der Waals surface area contributed by atoms with Crippen LogP contribution in [0.4, 0.5) is 4.79 Å². The Kier molecular flexibility index (Phi) is 5.80. The molecule has 0 radical (unpaired) electrons. The molecule has 1 saturated heterocycles. The van der Waals surface area contributed by atoms with Crippen LogP contribution >= 0.6 is 0 Å². The van der Waals surface area contributed by atoms with Gasteiger partial charge in [-0.15, -0.1) is 0 Å². The van der Waals surface area contributed by atoms with Crippen LogP contribution in [-0.2, 0) is 22.6 Å². The second kappa shape index (κ2) is 8.44. The average Bonchev–Trinajstić information content (AvgIpc) is 3.07. The predicted octanol–water partition coefficient (Wildman–Crippen LogP) is 2.34. The van der Waals surface area contributed by atoms with E-state index in [1.807, 2.05) is 48.5 Å². The molecule has 0 spiro atoms. The number of benzene rings is 2. The van der Waals surface area contributed by atoms with Crippen molar-refractivity contribution in [3.05, 3.63) is 59.7 Å². The molecule has 1 N–H and O–H groups in total. The minimum Gasteiger partial charge on any atom is -0.497 e. The molecule has 2 aromatic rings. The maximum atomic E-state index is 12.6. The second-order valence-electron chi connectivity index (χ2n) is 6.10. The van der Waals surface area contributed by atoms with Crippen LogP contribution in [0.1, 0.15) is 11.1 Å². The average molecular weight is 370 g/mol. The Hall–Kier alpha value is -3.22. The van der Waals surface area contributed by atoms with Crippen molar-refractivity contribution in [3.63, 3.8) is 0 Å². The van der Waals surface area contributed by atoms with Gasteiger partial charge in [-0.05, 0) is 23.8 Å². The largest absolute Gasteiger partial charge is 0.497 e. The van der Waals surface area contributed by atoms with E-state index in [9.17, 15) is 9.59 Å². The molecule has 1 heterocycles. The summed E-state index contributed by atoms with van der Waals surface area (Å²) in [5, 5.41) is 2.86. The third-order valence-corrected chi connectivity index (χ3v) is 4.44. The van der Waals surface area contributed by atoms with Crippen LogP contribution in [0, 0.1) is 0 Å². The molecule has 0 aromatic heterocycles. The molecule has 1 atom stereocenters. The highest BCUT2D eigenvalue weighted by atomic mass is 16.6. The number of cyclic esters (lactones) is 1. The number of nitrogens with one attached hydrogen (secondary N) is 1. The topological polar surface area (TPSA) is 77.1 Å². The molecule has 2 aromatic carbocycles. The van der Waals surface area contributed by atoms with Crippen molar-refractivity contribution in [1.82, 2.24) is 10.2 Å². The summed E-state index contributed by atoms with van der Waals surface area (Å²) in [4.78, 5) is 26.1. The van der Waals surface area contributed by atoms with E-state index >= 15 is 0 Å². The number of ether oxygens (including phenoxy) is 3. The summed E-state index contributed by atoms with van der Waals surface area (Å²) in [6.07, 6.45) is -0.497. The number of hydrogen-bond donors (Lipinski definition) is 1. The lowest BCUT2D eigenvalue weighted by atomic mass is 10.1. The fourth-order valence-corrected chi connectivity index (χ4v) is 2.92. The van der Waals surface area contributed by atoms with Crippen LogP contribution in [0.25, 0.3) is 0 Å². The van der Waals surface area contributed by atoms with Crippen molar-refractivity contribution in [2.75, 3.05) is 20.8 Å².